The van der Waals surface area contributed by atoms with Gasteiger partial charge in [0, 0.05) is 32.7 Å². The summed E-state index contributed by atoms with van der Waals surface area (Å²) in [4.78, 5) is 2.75. The number of benzene rings is 1. The summed E-state index contributed by atoms with van der Waals surface area (Å²) < 4.78 is 89.6. The quantitative estimate of drug-likeness (QED) is 0.665. The van der Waals surface area contributed by atoms with Crippen LogP contribution in [0.2, 0.25) is 0 Å². The first-order valence-corrected chi connectivity index (χ1v) is 7.12. The minimum Gasteiger partial charge on any atom is -0.396 e. The highest BCUT2D eigenvalue weighted by Gasteiger charge is 2.35. The van der Waals surface area contributed by atoms with E-state index in [2.05, 4.69) is 0 Å². The summed E-state index contributed by atoms with van der Waals surface area (Å²) in [5, 5.41) is 0. The SMILES string of the molecule is Nc1cc(C(F)(F)F)c(CN2CCN(CC(F)(F)F)CC2)cc1F. The van der Waals surface area contributed by atoms with Crippen LogP contribution in [0.1, 0.15) is 11.1 Å². The van der Waals surface area contributed by atoms with Gasteiger partial charge in [0.15, 0.2) is 0 Å². The van der Waals surface area contributed by atoms with Crippen molar-refractivity contribution in [3.63, 3.8) is 0 Å². The predicted molar refractivity (Wildman–Crippen MR) is 73.6 cm³/mol. The summed E-state index contributed by atoms with van der Waals surface area (Å²) >= 11 is 0. The Bertz CT molecular complexity index is 575. The van der Waals surface area contributed by atoms with E-state index in [1.807, 2.05) is 0 Å². The number of anilines is 1. The maximum Gasteiger partial charge on any atom is 0.416 e. The second kappa shape index (κ2) is 6.75. The Balaban J connectivity index is 2.06. The number of hydrogen-bond acceptors (Lipinski definition) is 3. The standard InChI is InChI=1S/C14H16F7N3/c15-11-5-9(10(6-12(11)22)14(19,20)21)7-23-1-3-24(4-2-23)8-13(16,17)18/h5-6H,1-4,7-8,22H2. The molecule has 1 aromatic carbocycles. The molecule has 0 atom stereocenters. The van der Waals surface area contributed by atoms with Crippen molar-refractivity contribution >= 4 is 5.69 Å². The van der Waals surface area contributed by atoms with Crippen LogP contribution in [0.4, 0.5) is 36.4 Å². The average molecular weight is 359 g/mol. The first-order valence-electron chi connectivity index (χ1n) is 7.12. The lowest BCUT2D eigenvalue weighted by Crippen LogP contribution is -2.48. The molecule has 1 aliphatic heterocycles. The Kier molecular flexibility index (Phi) is 5.28. The topological polar surface area (TPSA) is 32.5 Å². The molecular formula is C14H16F7N3. The molecule has 0 amide bonds. The summed E-state index contributed by atoms with van der Waals surface area (Å²) in [5.41, 5.74) is 3.29. The number of nitrogens with zero attached hydrogens (tertiary/aromatic N) is 2. The van der Waals surface area contributed by atoms with Gasteiger partial charge in [0.1, 0.15) is 5.82 Å². The molecule has 2 rings (SSSR count). The monoisotopic (exact) mass is 359 g/mol. The van der Waals surface area contributed by atoms with Crippen LogP contribution in [0.25, 0.3) is 0 Å². The molecule has 0 radical (unpaired) electrons. The Morgan fingerprint density at radius 2 is 1.46 bits per heavy atom. The summed E-state index contributed by atoms with van der Waals surface area (Å²) in [6, 6.07) is 1.28. The summed E-state index contributed by atoms with van der Waals surface area (Å²) in [6.45, 7) is -0.758. The van der Waals surface area contributed by atoms with E-state index < -0.39 is 36.0 Å². The van der Waals surface area contributed by atoms with Crippen LogP contribution in [-0.2, 0) is 12.7 Å². The highest BCUT2D eigenvalue weighted by atomic mass is 19.4. The zero-order chi connectivity index (χ0) is 18.1. The third-order valence-electron chi connectivity index (χ3n) is 3.79. The molecule has 2 N–H and O–H groups in total. The fraction of sp³-hybridized carbons (Fsp3) is 0.571. The number of nitrogens with two attached hydrogens (primary N) is 1. The average Bonchev–Trinajstić information content (AvgIpc) is 2.42. The van der Waals surface area contributed by atoms with Crippen molar-refractivity contribution in [1.29, 1.82) is 0 Å². The second-order valence-corrected chi connectivity index (χ2v) is 5.70. The van der Waals surface area contributed by atoms with Gasteiger partial charge >= 0.3 is 12.4 Å². The van der Waals surface area contributed by atoms with Gasteiger partial charge in [0.2, 0.25) is 0 Å². The maximum absolute atomic E-state index is 13.5. The van der Waals surface area contributed by atoms with Crippen molar-refractivity contribution in [3.8, 4) is 0 Å². The molecule has 0 saturated carbocycles. The van der Waals surface area contributed by atoms with Gasteiger partial charge in [-0.05, 0) is 17.7 Å². The third kappa shape index (κ3) is 4.97. The molecule has 1 aromatic rings. The van der Waals surface area contributed by atoms with Gasteiger partial charge in [0.25, 0.3) is 0 Å². The van der Waals surface area contributed by atoms with E-state index in [4.69, 9.17) is 5.73 Å². The lowest BCUT2D eigenvalue weighted by atomic mass is 10.0. The van der Waals surface area contributed by atoms with E-state index >= 15 is 0 Å². The molecule has 1 aliphatic rings. The van der Waals surface area contributed by atoms with E-state index in [1.54, 1.807) is 4.90 Å². The van der Waals surface area contributed by atoms with Crippen LogP contribution in [0.3, 0.4) is 0 Å². The van der Waals surface area contributed by atoms with Crippen LogP contribution in [0.5, 0.6) is 0 Å². The van der Waals surface area contributed by atoms with Gasteiger partial charge in [-0.1, -0.05) is 0 Å². The van der Waals surface area contributed by atoms with Crippen LogP contribution in [-0.4, -0.2) is 48.7 Å². The largest absolute Gasteiger partial charge is 0.416 e. The van der Waals surface area contributed by atoms with E-state index in [1.165, 1.54) is 4.90 Å². The molecule has 24 heavy (non-hydrogen) atoms. The number of nitrogen functional groups attached to an aromatic ring is 1. The minimum absolute atomic E-state index is 0.0817. The van der Waals surface area contributed by atoms with Crippen molar-refractivity contribution in [2.24, 2.45) is 0 Å². The minimum atomic E-state index is -4.69. The van der Waals surface area contributed by atoms with E-state index in [0.717, 1.165) is 6.07 Å². The highest BCUT2D eigenvalue weighted by molar-refractivity contribution is 5.47. The van der Waals surface area contributed by atoms with Gasteiger partial charge in [-0.25, -0.2) is 4.39 Å². The summed E-state index contributed by atoms with van der Waals surface area (Å²) in [5.74, 6) is -0.950. The molecule has 10 heteroatoms. The van der Waals surface area contributed by atoms with Crippen LogP contribution in [0, 0.1) is 5.82 Å². The number of halogens is 7. The molecule has 0 unspecified atom stereocenters. The van der Waals surface area contributed by atoms with Crippen LogP contribution in [0.15, 0.2) is 12.1 Å². The number of alkyl halides is 6. The zero-order valence-electron chi connectivity index (χ0n) is 12.5. The van der Waals surface area contributed by atoms with Gasteiger partial charge in [-0.2, -0.15) is 26.3 Å². The van der Waals surface area contributed by atoms with Crippen molar-refractivity contribution in [3.05, 3.63) is 29.1 Å². The smallest absolute Gasteiger partial charge is 0.396 e. The number of rotatable bonds is 3. The van der Waals surface area contributed by atoms with Gasteiger partial charge in [-0.15, -0.1) is 0 Å². The fourth-order valence-corrected chi connectivity index (χ4v) is 2.63. The van der Waals surface area contributed by atoms with E-state index in [9.17, 15) is 30.7 Å². The van der Waals surface area contributed by atoms with Crippen LogP contribution < -0.4 is 5.73 Å². The molecule has 0 aliphatic carbocycles. The normalized spacial score (nSPS) is 18.1. The maximum atomic E-state index is 13.5. The molecule has 1 fully saturated rings. The van der Waals surface area contributed by atoms with Crippen molar-refractivity contribution in [2.45, 2.75) is 18.9 Å². The van der Waals surface area contributed by atoms with E-state index in [0.29, 0.717) is 6.07 Å². The van der Waals surface area contributed by atoms with Gasteiger partial charge in [0.05, 0.1) is 17.8 Å². The number of piperazine rings is 1. The molecule has 136 valence electrons. The first-order chi connectivity index (χ1) is 11.0. The molecule has 0 bridgehead atoms. The third-order valence-corrected chi connectivity index (χ3v) is 3.79. The fourth-order valence-electron chi connectivity index (χ4n) is 2.63. The van der Waals surface area contributed by atoms with Crippen molar-refractivity contribution in [1.82, 2.24) is 9.80 Å². The van der Waals surface area contributed by atoms with Crippen LogP contribution >= 0.6 is 0 Å². The lowest BCUT2D eigenvalue weighted by Gasteiger charge is -2.35. The Morgan fingerprint density at radius 1 is 0.917 bits per heavy atom. The van der Waals surface area contributed by atoms with Gasteiger partial charge < -0.3 is 5.73 Å². The molecule has 0 aromatic heterocycles. The molecule has 3 nitrogen and oxygen atoms in total. The summed E-state index contributed by atoms with van der Waals surface area (Å²) in [6.07, 6.45) is -9.00. The Hall–Kier alpha value is -1.55. The lowest BCUT2D eigenvalue weighted by molar-refractivity contribution is -0.149. The van der Waals surface area contributed by atoms with Gasteiger partial charge in [-0.3, -0.25) is 9.80 Å². The number of hydrogen-bond donors (Lipinski definition) is 1. The van der Waals surface area contributed by atoms with Crippen molar-refractivity contribution < 1.29 is 30.7 Å². The Labute approximate surface area is 133 Å². The first kappa shape index (κ1) is 18.8. The predicted octanol–water partition coefficient (Wildman–Crippen LogP) is 3.11. The van der Waals surface area contributed by atoms with E-state index in [-0.39, 0.29) is 38.3 Å². The molecule has 0 spiro atoms. The zero-order valence-corrected chi connectivity index (χ0v) is 12.5. The molecule has 1 heterocycles. The molecule has 1 saturated heterocycles. The second-order valence-electron chi connectivity index (χ2n) is 5.70. The highest BCUT2D eigenvalue weighted by Crippen LogP contribution is 2.35. The van der Waals surface area contributed by atoms with Crippen molar-refractivity contribution in [2.75, 3.05) is 38.5 Å². The molecular weight excluding hydrogens is 343 g/mol. The summed E-state index contributed by atoms with van der Waals surface area (Å²) in [7, 11) is 0. The Morgan fingerprint density at radius 3 is 1.96 bits per heavy atom.